The Hall–Kier alpha value is -3.39. The minimum Gasteiger partial charge on any atom is -0.326 e. The number of hydrogen-bond acceptors (Lipinski definition) is 4. The van der Waals surface area contributed by atoms with Gasteiger partial charge in [-0.15, -0.1) is 0 Å². The van der Waals surface area contributed by atoms with Gasteiger partial charge in [0, 0.05) is 23.2 Å². The van der Waals surface area contributed by atoms with E-state index < -0.39 is 15.9 Å². The molecule has 7 nitrogen and oxygen atoms in total. The molecule has 29 heavy (non-hydrogen) atoms. The van der Waals surface area contributed by atoms with Gasteiger partial charge >= 0.3 is 0 Å². The maximum atomic E-state index is 12.9. The molecule has 3 aromatic rings. The number of rotatable bonds is 5. The minimum atomic E-state index is -3.78. The third-order valence-corrected chi connectivity index (χ3v) is 6.54. The minimum absolute atomic E-state index is 0.102. The smallest absolute Gasteiger partial charge is 0.265 e. The van der Waals surface area contributed by atoms with Crippen LogP contribution in [0.2, 0.25) is 0 Å². The highest BCUT2D eigenvalue weighted by molar-refractivity contribution is 7.93. The van der Waals surface area contributed by atoms with Crippen molar-refractivity contribution in [3.63, 3.8) is 0 Å². The average Bonchev–Trinajstić information content (AvgIpc) is 2.93. The van der Waals surface area contributed by atoms with Gasteiger partial charge in [-0.2, -0.15) is 0 Å². The molecule has 0 unspecified atom stereocenters. The topological polar surface area (TPSA) is 95.6 Å². The molecule has 0 fully saturated rings. The summed E-state index contributed by atoms with van der Waals surface area (Å²) in [5, 5.41) is 6.88. The fourth-order valence-electron chi connectivity index (χ4n) is 3.35. The van der Waals surface area contributed by atoms with Gasteiger partial charge in [-0.05, 0) is 41.8 Å². The lowest BCUT2D eigenvalue weighted by Gasteiger charge is -2.18. The maximum Gasteiger partial charge on any atom is 0.265 e. The van der Waals surface area contributed by atoms with Crippen molar-refractivity contribution in [2.24, 2.45) is 0 Å². The largest absolute Gasteiger partial charge is 0.326 e. The molecule has 0 aliphatic carbocycles. The fraction of sp³-hybridized carbons (Fsp3) is 0.143. The van der Waals surface area contributed by atoms with E-state index in [9.17, 15) is 18.0 Å². The lowest BCUT2D eigenvalue weighted by molar-refractivity contribution is -0.116. The quantitative estimate of drug-likeness (QED) is 0.676. The fourth-order valence-corrected chi connectivity index (χ4v) is 5.01. The van der Waals surface area contributed by atoms with E-state index in [1.54, 1.807) is 55.5 Å². The molecule has 0 aromatic heterocycles. The van der Waals surface area contributed by atoms with Crippen LogP contribution < -0.4 is 14.9 Å². The molecule has 2 amide bonds. The first-order valence-electron chi connectivity index (χ1n) is 9.14. The summed E-state index contributed by atoms with van der Waals surface area (Å²) in [6, 6.07) is 17.1. The first-order valence-corrected chi connectivity index (χ1v) is 10.6. The van der Waals surface area contributed by atoms with Crippen molar-refractivity contribution >= 4 is 49.7 Å². The van der Waals surface area contributed by atoms with Crippen molar-refractivity contribution < 1.29 is 18.0 Å². The van der Waals surface area contributed by atoms with E-state index in [2.05, 4.69) is 10.6 Å². The number of amides is 2. The van der Waals surface area contributed by atoms with Crippen molar-refractivity contribution in [3.8, 4) is 0 Å². The monoisotopic (exact) mass is 409 g/mol. The Balaban J connectivity index is 1.52. The summed E-state index contributed by atoms with van der Waals surface area (Å²) < 4.78 is 27.0. The molecule has 0 spiro atoms. The molecule has 0 atom stereocenters. The first-order chi connectivity index (χ1) is 13.9. The average molecular weight is 409 g/mol. The molecule has 2 N–H and O–H groups in total. The molecule has 0 saturated heterocycles. The van der Waals surface area contributed by atoms with Crippen LogP contribution >= 0.6 is 0 Å². The molecule has 0 saturated carbocycles. The van der Waals surface area contributed by atoms with E-state index in [1.807, 2.05) is 12.1 Å². The zero-order valence-corrected chi connectivity index (χ0v) is 16.5. The number of carbonyl (C=O) groups is 2. The predicted molar refractivity (Wildman–Crippen MR) is 112 cm³/mol. The lowest BCUT2D eigenvalue weighted by atomic mass is 10.1. The zero-order chi connectivity index (χ0) is 20.6. The first kappa shape index (κ1) is 18.9. The van der Waals surface area contributed by atoms with Gasteiger partial charge in [0.25, 0.3) is 10.0 Å². The summed E-state index contributed by atoms with van der Waals surface area (Å²) in [4.78, 5) is 24.2. The number of sulfonamides is 1. The highest BCUT2D eigenvalue weighted by Gasteiger charge is 2.36. The number of anilines is 3. The van der Waals surface area contributed by atoms with E-state index in [4.69, 9.17) is 0 Å². The van der Waals surface area contributed by atoms with Crippen molar-refractivity contribution in [1.82, 2.24) is 0 Å². The Morgan fingerprint density at radius 2 is 1.45 bits per heavy atom. The van der Waals surface area contributed by atoms with Gasteiger partial charge in [0.1, 0.15) is 6.54 Å². The molecule has 8 heteroatoms. The molecule has 1 heterocycles. The molecule has 1 aliphatic heterocycles. The standard InChI is InChI=1S/C21H19N3O4S/c1-2-19(25)22-15-9-11-16(12-10-15)23-20(26)13-24-17-7-3-5-14-6-4-8-18(21(14)17)29(24,27)28/h3-12H,2,13H2,1H3,(H,22,25)(H,23,26). The normalized spacial score (nSPS) is 14.0. The predicted octanol–water partition coefficient (Wildman–Crippen LogP) is 3.34. The van der Waals surface area contributed by atoms with Crippen molar-refractivity contribution in [3.05, 3.63) is 60.7 Å². The number of benzene rings is 3. The van der Waals surface area contributed by atoms with Gasteiger partial charge < -0.3 is 10.6 Å². The van der Waals surface area contributed by atoms with Gasteiger partial charge in [0.15, 0.2) is 0 Å². The lowest BCUT2D eigenvalue weighted by Crippen LogP contribution is -2.35. The SMILES string of the molecule is CCC(=O)Nc1ccc(NC(=O)CN2c3cccc4cccc(c34)S2(=O)=O)cc1. The highest BCUT2D eigenvalue weighted by Crippen LogP contribution is 2.41. The van der Waals surface area contributed by atoms with Gasteiger partial charge in [-0.25, -0.2) is 8.42 Å². The Kier molecular flexibility index (Phi) is 4.71. The summed E-state index contributed by atoms with van der Waals surface area (Å²) >= 11 is 0. The van der Waals surface area contributed by atoms with Crippen LogP contribution in [0.25, 0.3) is 10.8 Å². The summed E-state index contributed by atoms with van der Waals surface area (Å²) in [5.74, 6) is -0.557. The van der Waals surface area contributed by atoms with Gasteiger partial charge in [0.05, 0.1) is 10.6 Å². The van der Waals surface area contributed by atoms with Crippen LogP contribution in [0.4, 0.5) is 17.1 Å². The summed E-state index contributed by atoms with van der Waals surface area (Å²) in [7, 11) is -3.78. The van der Waals surface area contributed by atoms with E-state index in [0.29, 0.717) is 28.9 Å². The molecule has 0 radical (unpaired) electrons. The van der Waals surface area contributed by atoms with Crippen molar-refractivity contribution in [2.75, 3.05) is 21.5 Å². The molecule has 4 rings (SSSR count). The second kappa shape index (κ2) is 7.21. The van der Waals surface area contributed by atoms with E-state index in [0.717, 1.165) is 9.69 Å². The second-order valence-corrected chi connectivity index (χ2v) is 8.50. The molecule has 0 bridgehead atoms. The van der Waals surface area contributed by atoms with Gasteiger partial charge in [-0.1, -0.05) is 31.2 Å². The Morgan fingerprint density at radius 3 is 2.07 bits per heavy atom. The maximum absolute atomic E-state index is 12.9. The van der Waals surface area contributed by atoms with Crippen LogP contribution in [0.1, 0.15) is 13.3 Å². The van der Waals surface area contributed by atoms with Crippen LogP contribution in [0, 0.1) is 0 Å². The molecule has 1 aliphatic rings. The number of nitrogens with one attached hydrogen (secondary N) is 2. The van der Waals surface area contributed by atoms with E-state index in [-0.39, 0.29) is 17.3 Å². The van der Waals surface area contributed by atoms with Crippen LogP contribution in [0.5, 0.6) is 0 Å². The Morgan fingerprint density at radius 1 is 0.862 bits per heavy atom. The highest BCUT2D eigenvalue weighted by atomic mass is 32.2. The molecule has 3 aromatic carbocycles. The van der Waals surface area contributed by atoms with Crippen LogP contribution in [-0.2, 0) is 19.6 Å². The molecule has 148 valence electrons. The Bertz CT molecular complexity index is 1220. The molecular formula is C21H19N3O4S. The summed E-state index contributed by atoms with van der Waals surface area (Å²) in [5.41, 5.74) is 1.64. The van der Waals surface area contributed by atoms with Crippen LogP contribution in [-0.4, -0.2) is 26.8 Å². The van der Waals surface area contributed by atoms with Crippen molar-refractivity contribution in [1.29, 1.82) is 0 Å². The third-order valence-electron chi connectivity index (χ3n) is 4.74. The molecular weight excluding hydrogens is 390 g/mol. The summed E-state index contributed by atoms with van der Waals surface area (Å²) in [6.45, 7) is 1.43. The Labute approximate surface area is 168 Å². The second-order valence-electron chi connectivity index (χ2n) is 6.67. The van der Waals surface area contributed by atoms with Crippen LogP contribution in [0.15, 0.2) is 65.6 Å². The number of nitrogens with zero attached hydrogens (tertiary/aromatic N) is 1. The summed E-state index contributed by atoms with van der Waals surface area (Å²) in [6.07, 6.45) is 0.373. The van der Waals surface area contributed by atoms with Crippen LogP contribution in [0.3, 0.4) is 0 Å². The third kappa shape index (κ3) is 3.42. The van der Waals surface area contributed by atoms with E-state index >= 15 is 0 Å². The van der Waals surface area contributed by atoms with E-state index in [1.165, 1.54) is 0 Å². The van der Waals surface area contributed by atoms with Crippen molar-refractivity contribution in [2.45, 2.75) is 18.2 Å². The zero-order valence-electron chi connectivity index (χ0n) is 15.7. The van der Waals surface area contributed by atoms with Gasteiger partial charge in [0.2, 0.25) is 11.8 Å². The van der Waals surface area contributed by atoms with Gasteiger partial charge in [-0.3, -0.25) is 13.9 Å². The number of hydrogen-bond donors (Lipinski definition) is 2. The number of carbonyl (C=O) groups excluding carboxylic acids is 2.